The van der Waals surface area contributed by atoms with Gasteiger partial charge in [-0.05, 0) is 29.8 Å². The molecular formula is C20H13F6NO2. The van der Waals surface area contributed by atoms with Crippen molar-refractivity contribution in [3.8, 4) is 11.3 Å². The number of alkyl halides is 6. The molecule has 1 N–H and O–H groups in total. The number of furan rings is 1. The van der Waals surface area contributed by atoms with Gasteiger partial charge < -0.3 is 9.73 Å². The van der Waals surface area contributed by atoms with Crippen LogP contribution in [0.25, 0.3) is 11.3 Å². The summed E-state index contributed by atoms with van der Waals surface area (Å²) in [5.74, 6) is -0.452. The van der Waals surface area contributed by atoms with Gasteiger partial charge in [0.25, 0.3) is 5.91 Å². The first-order valence-electron chi connectivity index (χ1n) is 8.25. The summed E-state index contributed by atoms with van der Waals surface area (Å²) in [5, 5.41) is 2.34. The number of carbonyl (C=O) groups excluding carboxylic acids is 1. The quantitative estimate of drug-likeness (QED) is 0.540. The van der Waals surface area contributed by atoms with E-state index in [-0.39, 0.29) is 23.0 Å². The minimum absolute atomic E-state index is 0.0366. The van der Waals surface area contributed by atoms with Crippen molar-refractivity contribution in [1.29, 1.82) is 0 Å². The molecule has 9 heteroatoms. The molecule has 3 nitrogen and oxygen atoms in total. The maximum absolute atomic E-state index is 12.9. The van der Waals surface area contributed by atoms with Gasteiger partial charge in [-0.2, -0.15) is 26.3 Å². The lowest BCUT2D eigenvalue weighted by Gasteiger charge is -2.14. The second-order valence-electron chi connectivity index (χ2n) is 6.13. The molecule has 29 heavy (non-hydrogen) atoms. The number of hydrogen-bond acceptors (Lipinski definition) is 2. The molecule has 0 spiro atoms. The summed E-state index contributed by atoms with van der Waals surface area (Å²) in [7, 11) is 0. The number of rotatable bonds is 4. The van der Waals surface area contributed by atoms with Crippen LogP contribution in [0.5, 0.6) is 0 Å². The first kappa shape index (κ1) is 20.5. The Hall–Kier alpha value is -3.23. The van der Waals surface area contributed by atoms with Crippen molar-refractivity contribution >= 4 is 5.91 Å². The molecule has 0 fully saturated rings. The van der Waals surface area contributed by atoms with Gasteiger partial charge in [-0.3, -0.25) is 4.79 Å². The summed E-state index contributed by atoms with van der Waals surface area (Å²) in [5.41, 5.74) is -2.50. The molecule has 152 valence electrons. The third kappa shape index (κ3) is 4.79. The third-order valence-corrected chi connectivity index (χ3v) is 4.05. The molecule has 0 saturated carbocycles. The summed E-state index contributed by atoms with van der Waals surface area (Å²) in [6.45, 7) is -0.523. The highest BCUT2D eigenvalue weighted by Crippen LogP contribution is 2.36. The van der Waals surface area contributed by atoms with E-state index in [1.165, 1.54) is 12.3 Å². The predicted molar refractivity (Wildman–Crippen MR) is 91.8 cm³/mol. The van der Waals surface area contributed by atoms with Crippen molar-refractivity contribution in [3.63, 3.8) is 0 Å². The zero-order valence-electron chi connectivity index (χ0n) is 14.6. The third-order valence-electron chi connectivity index (χ3n) is 4.05. The Morgan fingerprint density at radius 3 is 2.00 bits per heavy atom. The van der Waals surface area contributed by atoms with Gasteiger partial charge in [-0.1, -0.05) is 30.3 Å². The maximum Gasteiger partial charge on any atom is 0.416 e. The Kier molecular flexibility index (Phi) is 5.41. The van der Waals surface area contributed by atoms with Gasteiger partial charge in [0.1, 0.15) is 5.76 Å². The zero-order valence-corrected chi connectivity index (χ0v) is 14.6. The molecule has 0 bridgehead atoms. The number of carbonyl (C=O) groups is 1. The number of amides is 1. The average molecular weight is 413 g/mol. The fourth-order valence-corrected chi connectivity index (χ4v) is 2.70. The van der Waals surface area contributed by atoms with Crippen LogP contribution in [0.1, 0.15) is 27.0 Å². The van der Waals surface area contributed by atoms with Crippen molar-refractivity contribution in [2.24, 2.45) is 0 Å². The Morgan fingerprint density at radius 2 is 1.45 bits per heavy atom. The number of hydrogen-bond donors (Lipinski definition) is 1. The molecule has 0 saturated heterocycles. The fraction of sp³-hybridized carbons (Fsp3) is 0.150. The van der Waals surface area contributed by atoms with Crippen LogP contribution < -0.4 is 5.32 Å². The Morgan fingerprint density at radius 1 is 0.862 bits per heavy atom. The van der Waals surface area contributed by atoms with Crippen LogP contribution in [0.3, 0.4) is 0 Å². The van der Waals surface area contributed by atoms with Crippen molar-refractivity contribution in [2.75, 3.05) is 0 Å². The van der Waals surface area contributed by atoms with E-state index >= 15 is 0 Å². The normalized spacial score (nSPS) is 12.1. The first-order valence-corrected chi connectivity index (χ1v) is 8.25. The van der Waals surface area contributed by atoms with Crippen LogP contribution in [0.15, 0.2) is 65.3 Å². The predicted octanol–water partition coefficient (Wildman–Crippen LogP) is 5.91. The Labute approximate surface area is 161 Å². The van der Waals surface area contributed by atoms with Crippen LogP contribution in [0, 0.1) is 0 Å². The highest BCUT2D eigenvalue weighted by Gasteiger charge is 2.36. The molecule has 2 aromatic carbocycles. The van der Waals surface area contributed by atoms with Crippen LogP contribution >= 0.6 is 0 Å². The second kappa shape index (κ2) is 7.65. The van der Waals surface area contributed by atoms with Gasteiger partial charge in [0.2, 0.25) is 0 Å². The summed E-state index contributed by atoms with van der Waals surface area (Å²) in [4.78, 5) is 12.4. The summed E-state index contributed by atoms with van der Waals surface area (Å²) in [6, 6.07) is 11.1. The molecule has 0 atom stereocenters. The zero-order chi connectivity index (χ0) is 21.2. The summed E-state index contributed by atoms with van der Waals surface area (Å²) >= 11 is 0. The molecule has 0 aliphatic heterocycles. The smallest absolute Gasteiger partial charge is 0.416 e. The Balaban J connectivity index is 1.84. The van der Waals surface area contributed by atoms with Crippen molar-refractivity contribution in [1.82, 2.24) is 5.32 Å². The van der Waals surface area contributed by atoms with E-state index in [2.05, 4.69) is 5.32 Å². The first-order chi connectivity index (χ1) is 13.6. The number of benzene rings is 2. The summed E-state index contributed by atoms with van der Waals surface area (Å²) < 4.78 is 82.9. The van der Waals surface area contributed by atoms with Crippen molar-refractivity contribution in [3.05, 3.63) is 83.1 Å². The molecule has 0 unspecified atom stereocenters. The highest BCUT2D eigenvalue weighted by molar-refractivity contribution is 5.99. The molecule has 1 heterocycles. The largest absolute Gasteiger partial charge is 0.464 e. The van der Waals surface area contributed by atoms with E-state index in [1.807, 2.05) is 0 Å². The van der Waals surface area contributed by atoms with E-state index in [9.17, 15) is 31.1 Å². The topological polar surface area (TPSA) is 42.2 Å². The van der Waals surface area contributed by atoms with Crippen LogP contribution in [-0.4, -0.2) is 5.91 Å². The molecular weight excluding hydrogens is 400 g/mol. The lowest BCUT2D eigenvalue weighted by atomic mass is 10.0. The summed E-state index contributed by atoms with van der Waals surface area (Å²) in [6.07, 6.45) is -8.64. The van der Waals surface area contributed by atoms with Crippen molar-refractivity contribution in [2.45, 2.75) is 18.9 Å². The number of nitrogens with one attached hydrogen (secondary N) is 1. The molecule has 1 aromatic heterocycles. The maximum atomic E-state index is 12.9. The lowest BCUT2D eigenvalue weighted by Crippen LogP contribution is -2.23. The van der Waals surface area contributed by atoms with Gasteiger partial charge in [-0.25, -0.2) is 0 Å². The van der Waals surface area contributed by atoms with E-state index in [0.717, 1.165) is 0 Å². The molecule has 1 amide bonds. The van der Waals surface area contributed by atoms with Crippen LogP contribution in [0.2, 0.25) is 0 Å². The van der Waals surface area contributed by atoms with Crippen molar-refractivity contribution < 1.29 is 35.6 Å². The minimum Gasteiger partial charge on any atom is -0.464 e. The molecule has 0 radical (unpaired) electrons. The van der Waals surface area contributed by atoms with E-state index < -0.39 is 35.9 Å². The van der Waals surface area contributed by atoms with Gasteiger partial charge in [0.15, 0.2) is 0 Å². The Bertz CT molecular complexity index is 974. The number of halogens is 6. The van der Waals surface area contributed by atoms with Gasteiger partial charge in [-0.15, -0.1) is 0 Å². The van der Waals surface area contributed by atoms with E-state index in [1.54, 1.807) is 30.3 Å². The average Bonchev–Trinajstić information content (AvgIpc) is 3.15. The SMILES string of the molecule is O=C(NCc1cc(C(F)(F)F)cc(C(F)(F)F)c1)c1ccoc1-c1ccccc1. The molecule has 3 rings (SSSR count). The van der Waals surface area contributed by atoms with Crippen LogP contribution in [0.4, 0.5) is 26.3 Å². The van der Waals surface area contributed by atoms with Gasteiger partial charge in [0, 0.05) is 12.1 Å². The minimum atomic E-state index is -4.95. The second-order valence-corrected chi connectivity index (χ2v) is 6.13. The fourth-order valence-electron chi connectivity index (χ4n) is 2.70. The van der Waals surface area contributed by atoms with E-state index in [4.69, 9.17) is 4.42 Å². The van der Waals surface area contributed by atoms with Gasteiger partial charge >= 0.3 is 12.4 Å². The molecule has 0 aliphatic carbocycles. The lowest BCUT2D eigenvalue weighted by molar-refractivity contribution is -0.143. The van der Waals surface area contributed by atoms with E-state index in [0.29, 0.717) is 17.7 Å². The monoisotopic (exact) mass is 413 g/mol. The highest BCUT2D eigenvalue weighted by atomic mass is 19.4. The van der Waals surface area contributed by atoms with Crippen LogP contribution in [-0.2, 0) is 18.9 Å². The van der Waals surface area contributed by atoms with Gasteiger partial charge in [0.05, 0.1) is 23.0 Å². The standard InChI is InChI=1S/C20H13F6NO2/c21-19(22,23)14-8-12(9-15(10-14)20(24,25)26)11-27-18(28)16-6-7-29-17(16)13-4-2-1-3-5-13/h1-10H,11H2,(H,27,28). The molecule has 3 aromatic rings. The molecule has 0 aliphatic rings.